The number of aryl methyl sites for hydroxylation is 1. The summed E-state index contributed by atoms with van der Waals surface area (Å²) < 4.78 is 44.8. The molecular formula is C20H20F3N7O. The van der Waals surface area contributed by atoms with Crippen LogP contribution in [0.4, 0.5) is 30.4 Å². The van der Waals surface area contributed by atoms with Crippen LogP contribution in [0.5, 0.6) is 0 Å². The summed E-state index contributed by atoms with van der Waals surface area (Å²) in [6.45, 7) is 3.37. The zero-order chi connectivity index (χ0) is 21.9. The first kappa shape index (κ1) is 19.8. The predicted octanol–water partition coefficient (Wildman–Crippen LogP) is 2.59. The number of morpholine rings is 1. The molecule has 0 saturated carbocycles. The van der Waals surface area contributed by atoms with Crippen molar-refractivity contribution >= 4 is 28.0 Å². The average Bonchev–Trinajstić information content (AvgIpc) is 2.70. The fourth-order valence-electron chi connectivity index (χ4n) is 3.93. The monoisotopic (exact) mass is 431 g/mol. The number of ether oxygens (including phenoxy) is 1. The molecule has 2 aliphatic heterocycles. The number of fused-ring (bicyclic) bond motifs is 2. The van der Waals surface area contributed by atoms with Gasteiger partial charge in [0.05, 0.1) is 30.1 Å². The SMILES string of the molecule is Cc1nnc(N[C@H](N)c2cc(N)cc(C(F)(F)F)n2)c2cc(N3C[C@@H]4OCC43)ccc12. The van der Waals surface area contributed by atoms with Gasteiger partial charge in [-0.3, -0.25) is 0 Å². The Bertz CT molecular complexity index is 1170. The highest BCUT2D eigenvalue weighted by atomic mass is 19.4. The Morgan fingerprint density at radius 3 is 2.65 bits per heavy atom. The summed E-state index contributed by atoms with van der Waals surface area (Å²) >= 11 is 0. The van der Waals surface area contributed by atoms with Crippen LogP contribution < -0.4 is 21.7 Å². The van der Waals surface area contributed by atoms with Crippen molar-refractivity contribution in [2.45, 2.75) is 31.4 Å². The molecule has 162 valence electrons. The summed E-state index contributed by atoms with van der Waals surface area (Å²) in [5, 5.41) is 12.9. The Morgan fingerprint density at radius 2 is 2.00 bits per heavy atom. The van der Waals surface area contributed by atoms with Gasteiger partial charge in [0.2, 0.25) is 0 Å². The van der Waals surface area contributed by atoms with E-state index in [0.717, 1.165) is 34.8 Å². The summed E-state index contributed by atoms with van der Waals surface area (Å²) in [5.41, 5.74) is 12.3. The van der Waals surface area contributed by atoms with E-state index in [4.69, 9.17) is 16.2 Å². The molecule has 31 heavy (non-hydrogen) atoms. The number of pyridine rings is 1. The maximum atomic E-state index is 13.1. The topological polar surface area (TPSA) is 115 Å². The van der Waals surface area contributed by atoms with E-state index in [9.17, 15) is 13.2 Å². The number of nitrogens with one attached hydrogen (secondary N) is 1. The molecule has 2 aliphatic rings. The molecule has 0 aliphatic carbocycles. The van der Waals surface area contributed by atoms with Crippen molar-refractivity contribution in [1.82, 2.24) is 15.2 Å². The Morgan fingerprint density at radius 1 is 1.19 bits per heavy atom. The maximum absolute atomic E-state index is 13.1. The lowest BCUT2D eigenvalue weighted by Gasteiger charge is -2.56. The maximum Gasteiger partial charge on any atom is 0.433 e. The number of anilines is 3. The van der Waals surface area contributed by atoms with Gasteiger partial charge in [0.25, 0.3) is 0 Å². The van der Waals surface area contributed by atoms with E-state index in [1.165, 1.54) is 6.07 Å². The molecule has 2 fully saturated rings. The molecule has 5 rings (SSSR count). The molecule has 0 spiro atoms. The van der Waals surface area contributed by atoms with E-state index in [-0.39, 0.29) is 17.5 Å². The molecule has 2 aromatic heterocycles. The minimum Gasteiger partial charge on any atom is -0.399 e. The standard InChI is InChI=1S/C20H20F3N7O/c1-9-12-3-2-11(30-7-16-15(30)8-31-16)6-13(12)19(29-28-9)27-18(25)14-4-10(24)5-17(26-14)20(21,22)23/h2-6,15-16,18H,7-8,25H2,1H3,(H2,24,26)(H,27,29)/t15?,16-,18-/m0/s1. The van der Waals surface area contributed by atoms with Crippen LogP contribution in [-0.2, 0) is 10.9 Å². The van der Waals surface area contributed by atoms with Crippen molar-refractivity contribution in [3.05, 3.63) is 47.4 Å². The van der Waals surface area contributed by atoms with Crippen molar-refractivity contribution in [2.24, 2.45) is 5.73 Å². The van der Waals surface area contributed by atoms with E-state index >= 15 is 0 Å². The van der Waals surface area contributed by atoms with Crippen molar-refractivity contribution in [2.75, 3.05) is 29.1 Å². The van der Waals surface area contributed by atoms with E-state index in [0.29, 0.717) is 18.5 Å². The van der Waals surface area contributed by atoms with Crippen LogP contribution >= 0.6 is 0 Å². The first-order valence-electron chi connectivity index (χ1n) is 9.73. The molecule has 3 aromatic rings. The molecule has 1 unspecified atom stereocenters. The number of nitrogen functional groups attached to an aromatic ring is 1. The third-order valence-corrected chi connectivity index (χ3v) is 5.74. The van der Waals surface area contributed by atoms with Crippen LogP contribution in [-0.4, -0.2) is 40.5 Å². The highest BCUT2D eigenvalue weighted by Gasteiger charge is 2.47. The Balaban J connectivity index is 1.48. The molecule has 8 nitrogen and oxygen atoms in total. The van der Waals surface area contributed by atoms with Gasteiger partial charge < -0.3 is 26.4 Å². The molecule has 0 amide bonds. The lowest BCUT2D eigenvalue weighted by Crippen LogP contribution is -2.70. The zero-order valence-electron chi connectivity index (χ0n) is 16.5. The molecule has 4 heterocycles. The fraction of sp³-hybridized carbons (Fsp3) is 0.350. The van der Waals surface area contributed by atoms with Crippen molar-refractivity contribution in [3.8, 4) is 0 Å². The van der Waals surface area contributed by atoms with Gasteiger partial charge in [0, 0.05) is 28.7 Å². The van der Waals surface area contributed by atoms with E-state index < -0.39 is 18.0 Å². The summed E-state index contributed by atoms with van der Waals surface area (Å²) in [5.74, 6) is 0.356. The van der Waals surface area contributed by atoms with Crippen LogP contribution in [0.2, 0.25) is 0 Å². The van der Waals surface area contributed by atoms with Crippen molar-refractivity contribution in [3.63, 3.8) is 0 Å². The number of hydrogen-bond donors (Lipinski definition) is 3. The highest BCUT2D eigenvalue weighted by molar-refractivity contribution is 5.95. The lowest BCUT2D eigenvalue weighted by molar-refractivity contribution is -0.141. The van der Waals surface area contributed by atoms with Gasteiger partial charge in [0.1, 0.15) is 11.9 Å². The van der Waals surface area contributed by atoms with Gasteiger partial charge in [0.15, 0.2) is 5.82 Å². The number of alkyl halides is 3. The number of rotatable bonds is 4. The molecule has 11 heteroatoms. The van der Waals surface area contributed by atoms with E-state index in [1.54, 1.807) is 0 Å². The number of benzene rings is 1. The zero-order valence-corrected chi connectivity index (χ0v) is 16.5. The van der Waals surface area contributed by atoms with E-state index in [1.807, 2.05) is 25.1 Å². The Labute approximate surface area is 175 Å². The van der Waals surface area contributed by atoms with Gasteiger partial charge in [-0.1, -0.05) is 6.07 Å². The Hall–Kier alpha value is -3.18. The molecule has 5 N–H and O–H groups in total. The molecule has 1 aromatic carbocycles. The fourth-order valence-corrected chi connectivity index (χ4v) is 3.93. The molecule has 2 saturated heterocycles. The van der Waals surface area contributed by atoms with Gasteiger partial charge in [-0.05, 0) is 31.2 Å². The quantitative estimate of drug-likeness (QED) is 0.540. The number of nitrogens with zero attached hydrogens (tertiary/aromatic N) is 4. The van der Waals surface area contributed by atoms with Gasteiger partial charge in [-0.15, -0.1) is 5.10 Å². The highest BCUT2D eigenvalue weighted by Crippen LogP contribution is 2.37. The third-order valence-electron chi connectivity index (χ3n) is 5.74. The normalized spacial score (nSPS) is 21.3. The second-order valence-electron chi connectivity index (χ2n) is 7.79. The largest absolute Gasteiger partial charge is 0.433 e. The van der Waals surface area contributed by atoms with Crippen LogP contribution in [0, 0.1) is 6.92 Å². The predicted molar refractivity (Wildman–Crippen MR) is 109 cm³/mol. The van der Waals surface area contributed by atoms with Crippen LogP contribution in [0.15, 0.2) is 30.3 Å². The summed E-state index contributed by atoms with van der Waals surface area (Å²) in [4.78, 5) is 5.88. The molecule has 0 bridgehead atoms. The molecule has 3 atom stereocenters. The minimum atomic E-state index is -4.63. The second-order valence-corrected chi connectivity index (χ2v) is 7.79. The number of aromatic nitrogens is 3. The first-order chi connectivity index (χ1) is 14.7. The average molecular weight is 431 g/mol. The number of halogens is 3. The minimum absolute atomic E-state index is 0.0452. The van der Waals surface area contributed by atoms with E-state index in [2.05, 4.69) is 25.4 Å². The lowest BCUT2D eigenvalue weighted by atomic mass is 9.93. The van der Waals surface area contributed by atoms with Crippen molar-refractivity contribution in [1.29, 1.82) is 0 Å². The third kappa shape index (κ3) is 3.39. The first-order valence-corrected chi connectivity index (χ1v) is 9.73. The van der Waals surface area contributed by atoms with Gasteiger partial charge in [-0.2, -0.15) is 18.3 Å². The smallest absolute Gasteiger partial charge is 0.399 e. The summed E-state index contributed by atoms with van der Waals surface area (Å²) in [6, 6.07) is 8.41. The summed E-state index contributed by atoms with van der Waals surface area (Å²) in [6.07, 6.45) is -5.41. The van der Waals surface area contributed by atoms with Crippen LogP contribution in [0.1, 0.15) is 23.2 Å². The summed E-state index contributed by atoms with van der Waals surface area (Å²) in [7, 11) is 0. The van der Waals surface area contributed by atoms with Gasteiger partial charge >= 0.3 is 6.18 Å². The van der Waals surface area contributed by atoms with Crippen LogP contribution in [0.3, 0.4) is 0 Å². The molecular weight excluding hydrogens is 411 g/mol. The number of nitrogens with two attached hydrogens (primary N) is 2. The van der Waals surface area contributed by atoms with Crippen LogP contribution in [0.25, 0.3) is 10.8 Å². The molecule has 0 radical (unpaired) electrons. The van der Waals surface area contributed by atoms with Crippen molar-refractivity contribution < 1.29 is 17.9 Å². The second kappa shape index (κ2) is 6.92. The number of hydrogen-bond acceptors (Lipinski definition) is 8. The van der Waals surface area contributed by atoms with Gasteiger partial charge in [-0.25, -0.2) is 4.98 Å². The Kier molecular flexibility index (Phi) is 4.41.